The average molecular weight is 260 g/mol. The van der Waals surface area contributed by atoms with Gasteiger partial charge in [-0.1, -0.05) is 12.1 Å². The smallest absolute Gasteiger partial charge is 0.195 e. The van der Waals surface area contributed by atoms with Crippen molar-refractivity contribution in [1.82, 2.24) is 0 Å². The van der Waals surface area contributed by atoms with E-state index in [2.05, 4.69) is 0 Å². The zero-order valence-corrected chi connectivity index (χ0v) is 11.1. The Hall–Kier alpha value is -2.03. The fourth-order valence-corrected chi connectivity index (χ4v) is 1.87. The largest absolute Gasteiger partial charge is 0.288 e. The first kappa shape index (κ1) is 13.4. The average Bonchev–Trinajstić information content (AvgIpc) is 2.36. The summed E-state index contributed by atoms with van der Waals surface area (Å²) in [5.41, 5.74) is 2.60. The van der Waals surface area contributed by atoms with Crippen LogP contribution in [-0.2, 0) is 0 Å². The molecule has 2 rings (SSSR count). The van der Waals surface area contributed by atoms with E-state index < -0.39 is 17.4 Å². The summed E-state index contributed by atoms with van der Waals surface area (Å²) in [5, 5.41) is 0. The van der Waals surface area contributed by atoms with Gasteiger partial charge in [0.15, 0.2) is 5.78 Å². The molecule has 0 spiro atoms. The highest BCUT2D eigenvalue weighted by Gasteiger charge is 2.16. The van der Waals surface area contributed by atoms with Gasteiger partial charge in [0.25, 0.3) is 0 Å². The van der Waals surface area contributed by atoms with Crippen molar-refractivity contribution in [3.63, 3.8) is 0 Å². The van der Waals surface area contributed by atoms with Gasteiger partial charge in [-0.2, -0.15) is 0 Å². The Morgan fingerprint density at radius 2 is 1.53 bits per heavy atom. The molecule has 0 fully saturated rings. The van der Waals surface area contributed by atoms with Crippen molar-refractivity contribution in [1.29, 1.82) is 0 Å². The monoisotopic (exact) mass is 260 g/mol. The van der Waals surface area contributed by atoms with Gasteiger partial charge < -0.3 is 0 Å². The number of ketones is 1. The zero-order chi connectivity index (χ0) is 14.2. The van der Waals surface area contributed by atoms with Crippen molar-refractivity contribution in [3.8, 4) is 0 Å². The lowest BCUT2D eigenvalue weighted by molar-refractivity contribution is 0.103. The molecule has 0 heterocycles. The van der Waals surface area contributed by atoms with Gasteiger partial charge in [-0.25, -0.2) is 8.78 Å². The molecule has 0 radical (unpaired) electrons. The van der Waals surface area contributed by atoms with Crippen LogP contribution in [-0.4, -0.2) is 5.78 Å². The number of aryl methyl sites for hydroxylation is 3. The summed E-state index contributed by atoms with van der Waals surface area (Å²) >= 11 is 0. The van der Waals surface area contributed by atoms with E-state index in [1.54, 1.807) is 12.1 Å². The van der Waals surface area contributed by atoms with Gasteiger partial charge in [-0.05, 0) is 49.6 Å². The van der Waals surface area contributed by atoms with Gasteiger partial charge in [-0.15, -0.1) is 0 Å². The molecule has 0 unspecified atom stereocenters. The van der Waals surface area contributed by atoms with E-state index in [0.29, 0.717) is 5.56 Å². The predicted octanol–water partition coefficient (Wildman–Crippen LogP) is 4.12. The number of carbonyl (C=O) groups is 1. The molecule has 2 aromatic carbocycles. The molecule has 0 aliphatic carbocycles. The van der Waals surface area contributed by atoms with E-state index in [9.17, 15) is 13.6 Å². The number of halogens is 2. The first-order valence-electron chi connectivity index (χ1n) is 5.97. The third kappa shape index (κ3) is 2.55. The molecular formula is C16H14F2O. The Morgan fingerprint density at radius 1 is 0.842 bits per heavy atom. The Bertz CT molecular complexity index is 660. The highest BCUT2D eigenvalue weighted by Crippen LogP contribution is 2.19. The summed E-state index contributed by atoms with van der Waals surface area (Å²) in [6.07, 6.45) is 0. The van der Waals surface area contributed by atoms with Crippen molar-refractivity contribution in [2.75, 3.05) is 0 Å². The molecule has 2 aromatic rings. The second-order valence-electron chi connectivity index (χ2n) is 4.71. The molecule has 0 aliphatic heterocycles. The first-order chi connectivity index (χ1) is 8.90. The fraction of sp³-hybridized carbons (Fsp3) is 0.188. The number of benzene rings is 2. The van der Waals surface area contributed by atoms with E-state index >= 15 is 0 Å². The summed E-state index contributed by atoms with van der Waals surface area (Å²) in [5.74, 6) is -1.90. The highest BCUT2D eigenvalue weighted by molar-refractivity contribution is 6.09. The molecule has 0 aromatic heterocycles. The predicted molar refractivity (Wildman–Crippen MR) is 70.4 cm³/mol. The van der Waals surface area contributed by atoms with Crippen LogP contribution in [0.4, 0.5) is 8.78 Å². The van der Waals surface area contributed by atoms with Crippen LogP contribution in [0.3, 0.4) is 0 Å². The molecule has 0 saturated heterocycles. The van der Waals surface area contributed by atoms with Crippen LogP contribution in [0.2, 0.25) is 0 Å². The third-order valence-corrected chi connectivity index (χ3v) is 3.26. The van der Waals surface area contributed by atoms with Crippen molar-refractivity contribution >= 4 is 5.78 Å². The van der Waals surface area contributed by atoms with Gasteiger partial charge >= 0.3 is 0 Å². The number of carbonyl (C=O) groups excluding carboxylic acids is 1. The van der Waals surface area contributed by atoms with E-state index in [-0.39, 0.29) is 11.1 Å². The normalized spacial score (nSPS) is 10.6. The van der Waals surface area contributed by atoms with Gasteiger partial charge in [0.2, 0.25) is 0 Å². The summed E-state index contributed by atoms with van der Waals surface area (Å²) in [6, 6.07) is 7.20. The van der Waals surface area contributed by atoms with E-state index in [4.69, 9.17) is 0 Å². The maximum atomic E-state index is 13.7. The maximum Gasteiger partial charge on any atom is 0.195 e. The van der Waals surface area contributed by atoms with Gasteiger partial charge in [-0.3, -0.25) is 4.79 Å². The van der Waals surface area contributed by atoms with Crippen LogP contribution >= 0.6 is 0 Å². The lowest BCUT2D eigenvalue weighted by Gasteiger charge is -2.07. The summed E-state index contributed by atoms with van der Waals surface area (Å²) in [6.45, 7) is 5.33. The molecule has 19 heavy (non-hydrogen) atoms. The SMILES string of the molecule is Cc1ccc(C(=O)c2cc(C)c(F)cc2F)cc1C. The third-order valence-electron chi connectivity index (χ3n) is 3.26. The second-order valence-corrected chi connectivity index (χ2v) is 4.71. The molecule has 0 atom stereocenters. The minimum atomic E-state index is -0.827. The van der Waals surface area contributed by atoms with Crippen LogP contribution in [0, 0.1) is 32.4 Å². The molecule has 0 saturated carbocycles. The number of hydrogen-bond donors (Lipinski definition) is 0. The molecule has 1 nitrogen and oxygen atoms in total. The van der Waals surface area contributed by atoms with E-state index in [1.165, 1.54) is 13.0 Å². The second kappa shape index (κ2) is 4.92. The van der Waals surface area contributed by atoms with Crippen LogP contribution < -0.4 is 0 Å². The standard InChI is InChI=1S/C16H14F2O/c1-9-4-5-12(6-10(9)2)16(19)13-7-11(3)14(17)8-15(13)18/h4-8H,1-3H3. The van der Waals surface area contributed by atoms with Crippen LogP contribution in [0.1, 0.15) is 32.6 Å². The molecular weight excluding hydrogens is 246 g/mol. The Labute approximate surface area is 110 Å². The van der Waals surface area contributed by atoms with Crippen molar-refractivity contribution in [2.45, 2.75) is 20.8 Å². The maximum absolute atomic E-state index is 13.7. The molecule has 3 heteroatoms. The Morgan fingerprint density at radius 3 is 2.16 bits per heavy atom. The summed E-state index contributed by atoms with van der Waals surface area (Å²) in [7, 11) is 0. The summed E-state index contributed by atoms with van der Waals surface area (Å²) in [4.78, 5) is 12.2. The first-order valence-corrected chi connectivity index (χ1v) is 5.97. The van der Waals surface area contributed by atoms with Gasteiger partial charge in [0, 0.05) is 11.6 Å². The quantitative estimate of drug-likeness (QED) is 0.742. The van der Waals surface area contributed by atoms with Crippen LogP contribution in [0.5, 0.6) is 0 Å². The minimum absolute atomic E-state index is 0.0952. The molecule has 0 amide bonds. The van der Waals surface area contributed by atoms with Gasteiger partial charge in [0.1, 0.15) is 11.6 Å². The zero-order valence-electron chi connectivity index (χ0n) is 11.1. The topological polar surface area (TPSA) is 17.1 Å². The lowest BCUT2D eigenvalue weighted by Crippen LogP contribution is -2.06. The molecule has 0 N–H and O–H groups in total. The Balaban J connectivity index is 2.49. The molecule has 0 aliphatic rings. The number of hydrogen-bond acceptors (Lipinski definition) is 1. The van der Waals surface area contributed by atoms with E-state index in [0.717, 1.165) is 17.2 Å². The van der Waals surface area contributed by atoms with Crippen LogP contribution in [0.25, 0.3) is 0 Å². The fourth-order valence-electron chi connectivity index (χ4n) is 1.87. The molecule has 0 bridgehead atoms. The molecule has 98 valence electrons. The van der Waals surface area contributed by atoms with Crippen molar-refractivity contribution < 1.29 is 13.6 Å². The van der Waals surface area contributed by atoms with Crippen LogP contribution in [0.15, 0.2) is 30.3 Å². The minimum Gasteiger partial charge on any atom is -0.288 e. The summed E-state index contributed by atoms with van der Waals surface area (Å²) < 4.78 is 26.9. The van der Waals surface area contributed by atoms with E-state index in [1.807, 2.05) is 19.9 Å². The van der Waals surface area contributed by atoms with Gasteiger partial charge in [0.05, 0.1) is 5.56 Å². The lowest BCUT2D eigenvalue weighted by atomic mass is 9.98. The van der Waals surface area contributed by atoms with Crippen molar-refractivity contribution in [2.24, 2.45) is 0 Å². The highest BCUT2D eigenvalue weighted by atomic mass is 19.1. The Kier molecular flexibility index (Phi) is 3.47. The number of rotatable bonds is 2. The van der Waals surface area contributed by atoms with Crippen molar-refractivity contribution in [3.05, 3.63) is 69.8 Å².